The van der Waals surface area contributed by atoms with Gasteiger partial charge in [0.2, 0.25) is 5.96 Å². The van der Waals surface area contributed by atoms with E-state index in [1.807, 2.05) is 6.92 Å². The van der Waals surface area contributed by atoms with Gasteiger partial charge in [0.05, 0.1) is 6.10 Å². The van der Waals surface area contributed by atoms with Gasteiger partial charge < -0.3 is 9.64 Å². The standard InChI is InChI=1S/C12H26N4O/c1-4-17-11-5-7-16(8-6-11)12(15-13)14-9-10(2)3/h10-11H,4-9,13H2,1-3H3,(H,14,15). The van der Waals surface area contributed by atoms with E-state index in [-0.39, 0.29) is 0 Å². The third kappa shape index (κ3) is 4.91. The van der Waals surface area contributed by atoms with Gasteiger partial charge in [-0.2, -0.15) is 0 Å². The third-order valence-corrected chi connectivity index (χ3v) is 2.88. The van der Waals surface area contributed by atoms with Crippen molar-refractivity contribution in [1.29, 1.82) is 0 Å². The Kier molecular flexibility index (Phi) is 6.29. The second-order valence-electron chi connectivity index (χ2n) is 4.84. The maximum atomic E-state index is 5.62. The molecule has 5 nitrogen and oxygen atoms in total. The van der Waals surface area contributed by atoms with Gasteiger partial charge in [0.25, 0.3) is 0 Å². The van der Waals surface area contributed by atoms with Crippen LogP contribution < -0.4 is 11.3 Å². The number of rotatable bonds is 4. The predicted octanol–water partition coefficient (Wildman–Crippen LogP) is 0.963. The topological polar surface area (TPSA) is 62.9 Å². The zero-order valence-electron chi connectivity index (χ0n) is 11.3. The molecule has 0 amide bonds. The minimum atomic E-state index is 0.403. The zero-order valence-corrected chi connectivity index (χ0v) is 11.3. The summed E-state index contributed by atoms with van der Waals surface area (Å²) in [7, 11) is 0. The first kappa shape index (κ1) is 14.3. The van der Waals surface area contributed by atoms with Crippen molar-refractivity contribution in [2.75, 3.05) is 26.2 Å². The van der Waals surface area contributed by atoms with Crippen LogP contribution in [0.25, 0.3) is 0 Å². The number of aliphatic imine (C=N–C) groups is 1. The lowest BCUT2D eigenvalue weighted by Gasteiger charge is -2.33. The fourth-order valence-corrected chi connectivity index (χ4v) is 1.98. The molecule has 0 atom stereocenters. The predicted molar refractivity (Wildman–Crippen MR) is 70.7 cm³/mol. The van der Waals surface area contributed by atoms with Crippen molar-refractivity contribution in [1.82, 2.24) is 10.3 Å². The normalized spacial score (nSPS) is 18.9. The zero-order chi connectivity index (χ0) is 12.7. The van der Waals surface area contributed by atoms with E-state index in [2.05, 4.69) is 29.2 Å². The molecule has 1 aliphatic rings. The second kappa shape index (κ2) is 7.50. The van der Waals surface area contributed by atoms with Crippen LogP contribution in [0.15, 0.2) is 4.99 Å². The number of hydrazine groups is 1. The molecular formula is C12H26N4O. The molecule has 1 fully saturated rings. The summed E-state index contributed by atoms with van der Waals surface area (Å²) in [6, 6.07) is 0. The Morgan fingerprint density at radius 2 is 2.12 bits per heavy atom. The molecule has 100 valence electrons. The van der Waals surface area contributed by atoms with Crippen LogP contribution in [0.5, 0.6) is 0 Å². The van der Waals surface area contributed by atoms with Crippen LogP contribution in [0.1, 0.15) is 33.6 Å². The number of piperidine rings is 1. The molecule has 1 aliphatic heterocycles. The van der Waals surface area contributed by atoms with Crippen molar-refractivity contribution >= 4 is 5.96 Å². The van der Waals surface area contributed by atoms with Gasteiger partial charge in [-0.25, -0.2) is 5.84 Å². The van der Waals surface area contributed by atoms with Crippen LogP contribution in [-0.4, -0.2) is 43.2 Å². The number of nitrogens with one attached hydrogen (secondary N) is 1. The Morgan fingerprint density at radius 1 is 1.47 bits per heavy atom. The monoisotopic (exact) mass is 242 g/mol. The highest BCUT2D eigenvalue weighted by Crippen LogP contribution is 2.13. The van der Waals surface area contributed by atoms with Gasteiger partial charge in [-0.15, -0.1) is 0 Å². The van der Waals surface area contributed by atoms with Gasteiger partial charge in [0, 0.05) is 26.2 Å². The summed E-state index contributed by atoms with van der Waals surface area (Å²) in [5.41, 5.74) is 2.71. The minimum Gasteiger partial charge on any atom is -0.378 e. The summed E-state index contributed by atoms with van der Waals surface area (Å²) in [6.45, 7) is 9.89. The lowest BCUT2D eigenvalue weighted by atomic mass is 10.1. The molecular weight excluding hydrogens is 216 g/mol. The molecule has 0 spiro atoms. The Bertz CT molecular complexity index is 235. The Hall–Kier alpha value is -0.810. The van der Waals surface area contributed by atoms with E-state index < -0.39 is 0 Å². The molecule has 0 saturated carbocycles. The van der Waals surface area contributed by atoms with E-state index in [9.17, 15) is 0 Å². The summed E-state index contributed by atoms with van der Waals surface area (Å²) >= 11 is 0. The molecule has 3 N–H and O–H groups in total. The van der Waals surface area contributed by atoms with Crippen molar-refractivity contribution in [3.8, 4) is 0 Å². The highest BCUT2D eigenvalue weighted by molar-refractivity contribution is 5.79. The lowest BCUT2D eigenvalue weighted by Crippen LogP contribution is -2.49. The molecule has 1 rings (SSSR count). The molecule has 1 saturated heterocycles. The maximum absolute atomic E-state index is 5.62. The van der Waals surface area contributed by atoms with E-state index in [1.165, 1.54) is 0 Å². The van der Waals surface area contributed by atoms with Crippen molar-refractivity contribution < 1.29 is 4.74 Å². The molecule has 0 radical (unpaired) electrons. The fraction of sp³-hybridized carbons (Fsp3) is 0.917. The number of nitrogens with zero attached hydrogens (tertiary/aromatic N) is 2. The van der Waals surface area contributed by atoms with Crippen molar-refractivity contribution in [2.24, 2.45) is 16.8 Å². The second-order valence-corrected chi connectivity index (χ2v) is 4.84. The van der Waals surface area contributed by atoms with Crippen molar-refractivity contribution in [3.05, 3.63) is 0 Å². The summed E-state index contributed by atoms with van der Waals surface area (Å²) in [4.78, 5) is 6.71. The van der Waals surface area contributed by atoms with E-state index in [1.54, 1.807) is 0 Å². The van der Waals surface area contributed by atoms with E-state index in [0.717, 1.165) is 45.0 Å². The lowest BCUT2D eigenvalue weighted by molar-refractivity contribution is 0.0263. The van der Waals surface area contributed by atoms with Crippen LogP contribution in [0, 0.1) is 5.92 Å². The van der Waals surface area contributed by atoms with Crippen molar-refractivity contribution in [2.45, 2.75) is 39.7 Å². The molecule has 1 heterocycles. The van der Waals surface area contributed by atoms with Crippen LogP contribution >= 0.6 is 0 Å². The highest BCUT2D eigenvalue weighted by atomic mass is 16.5. The van der Waals surface area contributed by atoms with Gasteiger partial charge in [-0.1, -0.05) is 13.8 Å². The molecule has 0 aromatic rings. The van der Waals surface area contributed by atoms with Crippen LogP contribution in [0.4, 0.5) is 0 Å². The SMILES string of the molecule is CCOC1CCN(C(=NCC(C)C)NN)CC1. The quantitative estimate of drug-likeness (QED) is 0.334. The Labute approximate surface area is 104 Å². The van der Waals surface area contributed by atoms with E-state index in [0.29, 0.717) is 12.0 Å². The molecule has 0 aromatic carbocycles. The first-order valence-electron chi connectivity index (χ1n) is 6.55. The highest BCUT2D eigenvalue weighted by Gasteiger charge is 2.21. The van der Waals surface area contributed by atoms with Crippen LogP contribution in [-0.2, 0) is 4.74 Å². The van der Waals surface area contributed by atoms with Gasteiger partial charge in [-0.3, -0.25) is 10.4 Å². The number of nitrogens with two attached hydrogens (primary N) is 1. The maximum Gasteiger partial charge on any atom is 0.208 e. The number of hydrogen-bond donors (Lipinski definition) is 2. The van der Waals surface area contributed by atoms with Gasteiger partial charge >= 0.3 is 0 Å². The third-order valence-electron chi connectivity index (χ3n) is 2.88. The number of ether oxygens (including phenoxy) is 1. The van der Waals surface area contributed by atoms with Gasteiger partial charge in [0.1, 0.15) is 0 Å². The number of guanidine groups is 1. The molecule has 0 aliphatic carbocycles. The largest absolute Gasteiger partial charge is 0.378 e. The van der Waals surface area contributed by atoms with E-state index in [4.69, 9.17) is 10.6 Å². The molecule has 0 aromatic heterocycles. The summed E-state index contributed by atoms with van der Waals surface area (Å²) in [5.74, 6) is 6.90. The Morgan fingerprint density at radius 3 is 2.59 bits per heavy atom. The number of likely N-dealkylation sites (tertiary alicyclic amines) is 1. The van der Waals surface area contributed by atoms with E-state index >= 15 is 0 Å². The summed E-state index contributed by atoms with van der Waals surface area (Å²) in [5, 5.41) is 0. The smallest absolute Gasteiger partial charge is 0.208 e. The first-order valence-corrected chi connectivity index (χ1v) is 6.55. The minimum absolute atomic E-state index is 0.403. The molecule has 17 heavy (non-hydrogen) atoms. The summed E-state index contributed by atoms with van der Waals surface area (Å²) in [6.07, 6.45) is 2.51. The summed E-state index contributed by atoms with van der Waals surface area (Å²) < 4.78 is 5.62. The van der Waals surface area contributed by atoms with Crippen LogP contribution in [0.3, 0.4) is 0 Å². The fourth-order valence-electron chi connectivity index (χ4n) is 1.98. The molecule has 0 bridgehead atoms. The number of hydrogen-bond acceptors (Lipinski definition) is 3. The molecule has 5 heteroatoms. The first-order chi connectivity index (χ1) is 8.17. The van der Waals surface area contributed by atoms with Crippen LogP contribution in [0.2, 0.25) is 0 Å². The average Bonchev–Trinajstić information content (AvgIpc) is 2.32. The van der Waals surface area contributed by atoms with Gasteiger partial charge in [0.15, 0.2) is 0 Å². The van der Waals surface area contributed by atoms with Crippen molar-refractivity contribution in [3.63, 3.8) is 0 Å². The molecule has 0 unspecified atom stereocenters. The average molecular weight is 242 g/mol. The Balaban J connectivity index is 2.42. The van der Waals surface area contributed by atoms with Gasteiger partial charge in [-0.05, 0) is 25.7 Å².